The Morgan fingerprint density at radius 2 is 1.73 bits per heavy atom. The van der Waals surface area contributed by atoms with Gasteiger partial charge in [-0.3, -0.25) is 9.59 Å². The number of nitrogens with one attached hydrogen (secondary N) is 1. The predicted molar refractivity (Wildman–Crippen MR) is 116 cm³/mol. The quantitative estimate of drug-likeness (QED) is 0.634. The average Bonchev–Trinajstić information content (AvgIpc) is 2.63. The van der Waals surface area contributed by atoms with Crippen molar-refractivity contribution in [1.82, 2.24) is 9.78 Å². The summed E-state index contributed by atoms with van der Waals surface area (Å²) in [6.45, 7) is 0. The van der Waals surface area contributed by atoms with E-state index >= 15 is 0 Å². The molecule has 0 aliphatic heterocycles. The molecule has 9 heteroatoms. The van der Waals surface area contributed by atoms with Crippen molar-refractivity contribution in [3.05, 3.63) is 49.8 Å². The molecule has 30 heavy (non-hydrogen) atoms. The number of carbonyl (C=O) groups is 1. The number of rotatable bonds is 4. The van der Waals surface area contributed by atoms with E-state index in [1.54, 1.807) is 18.2 Å². The van der Waals surface area contributed by atoms with Crippen LogP contribution in [0.2, 0.25) is 15.1 Å². The summed E-state index contributed by atoms with van der Waals surface area (Å²) < 4.78 is 1.46. The molecule has 1 aromatic carbocycles. The number of carboxylic acids is 1. The highest BCUT2D eigenvalue weighted by Gasteiger charge is 2.62. The molecule has 4 fully saturated rings. The monoisotopic (exact) mass is 467 g/mol. The zero-order valence-electron chi connectivity index (χ0n) is 16.0. The maximum absolute atomic E-state index is 13.2. The summed E-state index contributed by atoms with van der Waals surface area (Å²) in [5, 5.41) is 18.4. The highest BCUT2D eigenvalue weighted by molar-refractivity contribution is 6.35. The van der Waals surface area contributed by atoms with Gasteiger partial charge in [-0.15, -0.1) is 0 Å². The van der Waals surface area contributed by atoms with Gasteiger partial charge in [0.05, 0.1) is 22.8 Å². The first-order chi connectivity index (χ1) is 14.2. The minimum absolute atomic E-state index is 0.0150. The Kier molecular flexibility index (Phi) is 4.62. The summed E-state index contributed by atoms with van der Waals surface area (Å²) in [4.78, 5) is 25.4. The molecule has 1 aromatic heterocycles. The molecule has 2 aromatic rings. The Labute approximate surface area is 188 Å². The third-order valence-corrected chi connectivity index (χ3v) is 7.80. The summed E-state index contributed by atoms with van der Waals surface area (Å²) in [6.07, 6.45) is 5.93. The summed E-state index contributed by atoms with van der Waals surface area (Å²) >= 11 is 18.5. The lowest BCUT2D eigenvalue weighted by Gasteiger charge is -2.60. The molecule has 4 bridgehead atoms. The number of hydrogen-bond donors (Lipinski definition) is 2. The Morgan fingerprint density at radius 1 is 1.10 bits per heavy atom. The first-order valence-corrected chi connectivity index (χ1v) is 11.1. The standard InChI is InChI=1S/C21H20Cl3N3O3/c22-13-2-14(23)4-15(3-13)26-16-9-25-27(18(28)17(16)24)21-7-11-1-12(8-21)6-20(5-11,10-21)19(29)30/h2-4,9,11-12,26H,1,5-8,10H2,(H,29,30). The van der Waals surface area contributed by atoms with Gasteiger partial charge in [0, 0.05) is 15.7 Å². The number of aromatic nitrogens is 2. The number of anilines is 2. The zero-order chi connectivity index (χ0) is 21.3. The topological polar surface area (TPSA) is 84.2 Å². The molecule has 0 spiro atoms. The Morgan fingerprint density at radius 3 is 2.33 bits per heavy atom. The van der Waals surface area contributed by atoms with E-state index in [1.165, 1.54) is 10.9 Å². The zero-order valence-corrected chi connectivity index (χ0v) is 18.3. The molecule has 2 unspecified atom stereocenters. The van der Waals surface area contributed by atoms with Crippen LogP contribution in [-0.2, 0) is 10.3 Å². The van der Waals surface area contributed by atoms with Crippen LogP contribution < -0.4 is 10.9 Å². The molecule has 2 atom stereocenters. The first-order valence-electron chi connectivity index (χ1n) is 9.95. The minimum Gasteiger partial charge on any atom is -0.481 e. The van der Waals surface area contributed by atoms with Crippen LogP contribution in [-0.4, -0.2) is 20.9 Å². The normalized spacial score (nSPS) is 31.7. The maximum Gasteiger partial charge on any atom is 0.309 e. The van der Waals surface area contributed by atoms with Crippen LogP contribution in [0.1, 0.15) is 38.5 Å². The number of hydrogen-bond acceptors (Lipinski definition) is 4. The lowest BCUT2D eigenvalue weighted by atomic mass is 9.47. The van der Waals surface area contributed by atoms with E-state index in [0.29, 0.717) is 52.5 Å². The second-order valence-electron chi connectivity index (χ2n) is 9.14. The lowest BCUT2D eigenvalue weighted by molar-refractivity contribution is -0.173. The minimum atomic E-state index is -0.758. The number of halogens is 3. The van der Waals surface area contributed by atoms with E-state index in [-0.39, 0.29) is 5.02 Å². The van der Waals surface area contributed by atoms with Gasteiger partial charge in [0.25, 0.3) is 5.56 Å². The molecule has 0 saturated heterocycles. The SMILES string of the molecule is O=C(O)C12CC3CC(C1)CC(n1ncc(Nc4cc(Cl)cc(Cl)c4)c(Cl)c1=O)(C3)C2. The van der Waals surface area contributed by atoms with Crippen LogP contribution in [0.15, 0.2) is 29.2 Å². The average molecular weight is 469 g/mol. The Balaban J connectivity index is 1.53. The molecule has 158 valence electrons. The second kappa shape index (κ2) is 6.87. The fourth-order valence-corrected chi connectivity index (χ4v) is 7.05. The fraction of sp³-hybridized carbons (Fsp3) is 0.476. The summed E-state index contributed by atoms with van der Waals surface area (Å²) in [7, 11) is 0. The van der Waals surface area contributed by atoms with Crippen molar-refractivity contribution < 1.29 is 9.90 Å². The lowest BCUT2D eigenvalue weighted by Crippen LogP contribution is -2.61. The van der Waals surface area contributed by atoms with Crippen LogP contribution in [0.25, 0.3) is 0 Å². The van der Waals surface area contributed by atoms with Crippen molar-refractivity contribution >= 4 is 52.1 Å². The van der Waals surface area contributed by atoms with Crippen LogP contribution in [0.3, 0.4) is 0 Å². The molecule has 1 heterocycles. The molecule has 4 aliphatic rings. The van der Waals surface area contributed by atoms with E-state index in [4.69, 9.17) is 34.8 Å². The van der Waals surface area contributed by atoms with Crippen LogP contribution in [0, 0.1) is 17.3 Å². The van der Waals surface area contributed by atoms with E-state index in [9.17, 15) is 14.7 Å². The van der Waals surface area contributed by atoms with Gasteiger partial charge in [-0.1, -0.05) is 34.8 Å². The van der Waals surface area contributed by atoms with Gasteiger partial charge >= 0.3 is 5.97 Å². The van der Waals surface area contributed by atoms with Gasteiger partial charge in [0.1, 0.15) is 5.02 Å². The molecule has 4 saturated carbocycles. The van der Waals surface area contributed by atoms with E-state index < -0.39 is 22.5 Å². The van der Waals surface area contributed by atoms with E-state index in [2.05, 4.69) is 10.4 Å². The van der Waals surface area contributed by atoms with Gasteiger partial charge in [0.15, 0.2) is 0 Å². The van der Waals surface area contributed by atoms with Gasteiger partial charge in [-0.25, -0.2) is 4.68 Å². The highest BCUT2D eigenvalue weighted by atomic mass is 35.5. The van der Waals surface area contributed by atoms with Crippen LogP contribution in [0.5, 0.6) is 0 Å². The summed E-state index contributed by atoms with van der Waals surface area (Å²) in [5.74, 6) is -0.140. The van der Waals surface area contributed by atoms with Crippen molar-refractivity contribution in [2.24, 2.45) is 17.3 Å². The smallest absolute Gasteiger partial charge is 0.309 e. The van der Waals surface area contributed by atoms with E-state index in [1.807, 2.05) is 0 Å². The molecule has 6 nitrogen and oxygen atoms in total. The number of benzene rings is 1. The number of nitrogens with zero attached hydrogens (tertiary/aromatic N) is 2. The van der Waals surface area contributed by atoms with Crippen molar-refractivity contribution in [3.8, 4) is 0 Å². The van der Waals surface area contributed by atoms with Gasteiger partial charge < -0.3 is 10.4 Å². The predicted octanol–water partition coefficient (Wildman–Crippen LogP) is 5.33. The van der Waals surface area contributed by atoms with Crippen LogP contribution >= 0.6 is 34.8 Å². The third kappa shape index (κ3) is 3.12. The largest absolute Gasteiger partial charge is 0.481 e. The van der Waals surface area contributed by atoms with Crippen molar-refractivity contribution in [2.45, 2.75) is 44.1 Å². The van der Waals surface area contributed by atoms with Gasteiger partial charge in [-0.2, -0.15) is 5.10 Å². The number of aliphatic carboxylic acids is 1. The second-order valence-corrected chi connectivity index (χ2v) is 10.4. The molecule has 2 N–H and O–H groups in total. The molecular weight excluding hydrogens is 449 g/mol. The van der Waals surface area contributed by atoms with Gasteiger partial charge in [0.2, 0.25) is 0 Å². The summed E-state index contributed by atoms with van der Waals surface area (Å²) in [6, 6.07) is 4.95. The summed E-state index contributed by atoms with van der Waals surface area (Å²) in [5.41, 5.74) is -0.799. The Bertz CT molecular complexity index is 1080. The highest BCUT2D eigenvalue weighted by Crippen LogP contribution is 2.63. The van der Waals surface area contributed by atoms with E-state index in [0.717, 1.165) is 19.3 Å². The molecular formula is C21H20Cl3N3O3. The maximum atomic E-state index is 13.2. The number of carboxylic acid groups (broad SMARTS) is 1. The first kappa shape index (κ1) is 20.2. The third-order valence-electron chi connectivity index (χ3n) is 6.99. The molecule has 4 aliphatic carbocycles. The van der Waals surface area contributed by atoms with Gasteiger partial charge in [-0.05, 0) is 68.6 Å². The molecule has 0 radical (unpaired) electrons. The van der Waals surface area contributed by atoms with Crippen molar-refractivity contribution in [2.75, 3.05) is 5.32 Å². The fourth-order valence-electron chi connectivity index (χ4n) is 6.35. The Hall–Kier alpha value is -1.76. The van der Waals surface area contributed by atoms with Crippen molar-refractivity contribution in [3.63, 3.8) is 0 Å². The molecule has 6 rings (SSSR count). The molecule has 0 amide bonds. The van der Waals surface area contributed by atoms with Crippen molar-refractivity contribution in [1.29, 1.82) is 0 Å². The van der Waals surface area contributed by atoms with Crippen LogP contribution in [0.4, 0.5) is 11.4 Å².